The fourth-order valence-electron chi connectivity index (χ4n) is 4.38. The number of benzene rings is 1. The van der Waals surface area contributed by atoms with Crippen molar-refractivity contribution < 1.29 is 0 Å². The van der Waals surface area contributed by atoms with E-state index in [1.807, 2.05) is 0 Å². The van der Waals surface area contributed by atoms with Gasteiger partial charge in [0.15, 0.2) is 0 Å². The normalized spacial score (nSPS) is 23.6. The minimum absolute atomic E-state index is 0.281. The molecule has 1 heteroatoms. The first-order valence-corrected chi connectivity index (χ1v) is 8.65. The number of hydrogen-bond acceptors (Lipinski definition) is 1. The van der Waals surface area contributed by atoms with Crippen LogP contribution in [0.1, 0.15) is 81.3 Å². The molecule has 0 amide bonds. The van der Waals surface area contributed by atoms with E-state index >= 15 is 0 Å². The zero-order valence-electron chi connectivity index (χ0n) is 12.7. The van der Waals surface area contributed by atoms with E-state index in [-0.39, 0.29) is 5.41 Å². The minimum atomic E-state index is 0.281. The van der Waals surface area contributed by atoms with E-state index < -0.39 is 0 Å². The Balaban J connectivity index is 1.77. The summed E-state index contributed by atoms with van der Waals surface area (Å²) in [5, 5.41) is 0. The first-order valence-electron chi connectivity index (χ1n) is 8.65. The highest BCUT2D eigenvalue weighted by Crippen LogP contribution is 2.40. The summed E-state index contributed by atoms with van der Waals surface area (Å²) in [6, 6.07) is 9.58. The Morgan fingerprint density at radius 1 is 0.850 bits per heavy atom. The molecule has 0 spiro atoms. The van der Waals surface area contributed by atoms with Crippen molar-refractivity contribution in [3.8, 4) is 0 Å². The van der Waals surface area contributed by atoms with Gasteiger partial charge in [0, 0.05) is 12.0 Å². The molecule has 3 rings (SSSR count). The highest BCUT2D eigenvalue weighted by molar-refractivity contribution is 5.32. The zero-order chi connectivity index (χ0) is 13.8. The third-order valence-corrected chi connectivity index (χ3v) is 5.80. The molecule has 0 bridgehead atoms. The highest BCUT2D eigenvalue weighted by atomic mass is 14.6. The van der Waals surface area contributed by atoms with Gasteiger partial charge in [-0.25, -0.2) is 0 Å². The summed E-state index contributed by atoms with van der Waals surface area (Å²) in [6.07, 6.45) is 13.7. The summed E-state index contributed by atoms with van der Waals surface area (Å²) in [4.78, 5) is 0. The van der Waals surface area contributed by atoms with E-state index in [2.05, 4.69) is 24.3 Å². The van der Waals surface area contributed by atoms with Gasteiger partial charge in [0.05, 0.1) is 0 Å². The lowest BCUT2D eigenvalue weighted by atomic mass is 9.69. The van der Waals surface area contributed by atoms with Crippen molar-refractivity contribution in [2.24, 2.45) is 5.73 Å². The average molecular weight is 271 g/mol. The van der Waals surface area contributed by atoms with Crippen molar-refractivity contribution in [3.05, 3.63) is 35.4 Å². The van der Waals surface area contributed by atoms with Crippen LogP contribution in [0.15, 0.2) is 24.3 Å². The number of nitrogens with two attached hydrogens (primary N) is 1. The lowest BCUT2D eigenvalue weighted by molar-refractivity contribution is 0.300. The van der Waals surface area contributed by atoms with Crippen molar-refractivity contribution in [3.63, 3.8) is 0 Å². The van der Waals surface area contributed by atoms with E-state index in [1.165, 1.54) is 69.8 Å². The molecule has 0 aromatic heterocycles. The first-order chi connectivity index (χ1) is 9.84. The molecule has 2 aliphatic carbocycles. The molecule has 1 nitrogen and oxygen atoms in total. The molecule has 2 fully saturated rings. The van der Waals surface area contributed by atoms with Crippen LogP contribution in [0, 0.1) is 0 Å². The second-order valence-electron chi connectivity index (χ2n) is 7.00. The summed E-state index contributed by atoms with van der Waals surface area (Å²) < 4.78 is 0. The Morgan fingerprint density at radius 3 is 2.05 bits per heavy atom. The van der Waals surface area contributed by atoms with Gasteiger partial charge in [0.1, 0.15) is 0 Å². The van der Waals surface area contributed by atoms with E-state index in [9.17, 15) is 0 Å². The molecular formula is C19H29N. The van der Waals surface area contributed by atoms with Crippen LogP contribution in [-0.4, -0.2) is 6.54 Å². The van der Waals surface area contributed by atoms with Crippen LogP contribution in [-0.2, 0) is 5.41 Å². The maximum absolute atomic E-state index is 6.15. The van der Waals surface area contributed by atoms with Gasteiger partial charge < -0.3 is 5.73 Å². The van der Waals surface area contributed by atoms with E-state index in [4.69, 9.17) is 5.73 Å². The van der Waals surface area contributed by atoms with Gasteiger partial charge >= 0.3 is 0 Å². The fraction of sp³-hybridized carbons (Fsp3) is 0.684. The Hall–Kier alpha value is -0.820. The molecule has 2 saturated carbocycles. The quantitative estimate of drug-likeness (QED) is 0.831. The van der Waals surface area contributed by atoms with Gasteiger partial charge in [-0.15, -0.1) is 0 Å². The number of hydrogen-bond donors (Lipinski definition) is 1. The van der Waals surface area contributed by atoms with Crippen LogP contribution in [0.25, 0.3) is 0 Å². The zero-order valence-corrected chi connectivity index (χ0v) is 12.7. The summed E-state index contributed by atoms with van der Waals surface area (Å²) in [7, 11) is 0. The topological polar surface area (TPSA) is 26.0 Å². The van der Waals surface area contributed by atoms with Gasteiger partial charge in [-0.1, -0.05) is 62.8 Å². The van der Waals surface area contributed by atoms with Crippen LogP contribution in [0.3, 0.4) is 0 Å². The molecule has 1 aromatic rings. The highest BCUT2D eigenvalue weighted by Gasteiger charge is 2.32. The van der Waals surface area contributed by atoms with Crippen LogP contribution in [0.5, 0.6) is 0 Å². The largest absolute Gasteiger partial charge is 0.330 e. The van der Waals surface area contributed by atoms with Gasteiger partial charge in [0.25, 0.3) is 0 Å². The standard InChI is InChI=1S/C19H29N/c20-15-19(13-5-2-6-14-19)18-11-9-17(10-12-18)16-7-3-1-4-8-16/h9-12,16H,1-8,13-15,20H2. The molecule has 0 aliphatic heterocycles. The average Bonchev–Trinajstić information content (AvgIpc) is 2.56. The third-order valence-electron chi connectivity index (χ3n) is 5.80. The third kappa shape index (κ3) is 2.79. The van der Waals surface area contributed by atoms with Crippen molar-refractivity contribution >= 4 is 0 Å². The molecular weight excluding hydrogens is 242 g/mol. The van der Waals surface area contributed by atoms with Crippen LogP contribution < -0.4 is 5.73 Å². The Kier molecular flexibility index (Phi) is 4.45. The molecule has 2 N–H and O–H groups in total. The molecule has 0 radical (unpaired) electrons. The summed E-state index contributed by atoms with van der Waals surface area (Å²) in [6.45, 7) is 0.815. The SMILES string of the molecule is NCC1(c2ccc(C3CCCCC3)cc2)CCCCC1. The lowest BCUT2D eigenvalue weighted by Crippen LogP contribution is -2.37. The van der Waals surface area contributed by atoms with Crippen molar-refractivity contribution in [2.75, 3.05) is 6.54 Å². The summed E-state index contributed by atoms with van der Waals surface area (Å²) >= 11 is 0. The Labute approximate surface area is 124 Å². The number of rotatable bonds is 3. The first kappa shape index (κ1) is 14.1. The molecule has 110 valence electrons. The maximum Gasteiger partial charge on any atom is 0.00755 e. The van der Waals surface area contributed by atoms with Crippen molar-refractivity contribution in [2.45, 2.75) is 75.5 Å². The van der Waals surface area contributed by atoms with Crippen LogP contribution in [0.2, 0.25) is 0 Å². The Morgan fingerprint density at radius 2 is 1.45 bits per heavy atom. The van der Waals surface area contributed by atoms with Gasteiger partial charge in [0.2, 0.25) is 0 Å². The molecule has 2 aliphatic rings. The molecule has 0 unspecified atom stereocenters. The van der Waals surface area contributed by atoms with E-state index in [0.717, 1.165) is 12.5 Å². The summed E-state index contributed by atoms with van der Waals surface area (Å²) in [5.74, 6) is 0.818. The summed E-state index contributed by atoms with van der Waals surface area (Å²) in [5.41, 5.74) is 9.50. The predicted molar refractivity (Wildman–Crippen MR) is 86.1 cm³/mol. The molecule has 0 atom stereocenters. The van der Waals surface area contributed by atoms with E-state index in [0.29, 0.717) is 0 Å². The second-order valence-corrected chi connectivity index (χ2v) is 7.00. The second kappa shape index (κ2) is 6.30. The Bertz CT molecular complexity index is 408. The van der Waals surface area contributed by atoms with Crippen molar-refractivity contribution in [1.29, 1.82) is 0 Å². The van der Waals surface area contributed by atoms with Gasteiger partial charge in [-0.2, -0.15) is 0 Å². The molecule has 0 heterocycles. The smallest absolute Gasteiger partial charge is 0.00755 e. The predicted octanol–water partition coefficient (Wildman–Crippen LogP) is 4.89. The maximum atomic E-state index is 6.15. The van der Waals surface area contributed by atoms with Gasteiger partial charge in [-0.3, -0.25) is 0 Å². The van der Waals surface area contributed by atoms with Crippen LogP contribution >= 0.6 is 0 Å². The fourth-order valence-corrected chi connectivity index (χ4v) is 4.38. The molecule has 1 aromatic carbocycles. The molecule has 0 saturated heterocycles. The monoisotopic (exact) mass is 271 g/mol. The lowest BCUT2D eigenvalue weighted by Gasteiger charge is -2.37. The molecule has 20 heavy (non-hydrogen) atoms. The van der Waals surface area contributed by atoms with E-state index in [1.54, 1.807) is 5.56 Å². The van der Waals surface area contributed by atoms with Gasteiger partial charge in [-0.05, 0) is 42.7 Å². The van der Waals surface area contributed by atoms with Crippen molar-refractivity contribution in [1.82, 2.24) is 0 Å². The van der Waals surface area contributed by atoms with Crippen LogP contribution in [0.4, 0.5) is 0 Å². The minimum Gasteiger partial charge on any atom is -0.330 e.